The van der Waals surface area contributed by atoms with Crippen molar-refractivity contribution in [2.45, 2.75) is 76.2 Å². The van der Waals surface area contributed by atoms with Crippen molar-refractivity contribution in [3.63, 3.8) is 0 Å². The molecule has 0 amide bonds. The monoisotopic (exact) mass is 612 g/mol. The van der Waals surface area contributed by atoms with Crippen molar-refractivity contribution in [3.8, 4) is 0 Å². The topological polar surface area (TPSA) is 105 Å². The van der Waals surface area contributed by atoms with Gasteiger partial charge in [-0.2, -0.15) is 0 Å². The molecule has 1 fully saturated rings. The Bertz CT molecular complexity index is 1640. The Kier molecular flexibility index (Phi) is 8.46. The first kappa shape index (κ1) is 30.1. The van der Waals surface area contributed by atoms with Gasteiger partial charge in [0.2, 0.25) is 0 Å². The molecule has 4 aromatic carbocycles. The number of hydrogen-bond acceptors (Lipinski definition) is 9. The first-order chi connectivity index (χ1) is 22.0. The quantitative estimate of drug-likeness (QED) is 0.0756. The lowest BCUT2D eigenvalue weighted by Gasteiger charge is -2.43. The molecule has 2 aliphatic heterocycles. The Morgan fingerprint density at radius 3 is 1.51 bits per heavy atom. The van der Waals surface area contributed by atoms with Crippen LogP contribution < -0.4 is 21.3 Å². The molecule has 1 saturated carbocycles. The molecule has 0 bridgehead atoms. The van der Waals surface area contributed by atoms with Crippen LogP contribution in [0.15, 0.2) is 60.7 Å². The highest BCUT2D eigenvalue weighted by Crippen LogP contribution is 2.53. The van der Waals surface area contributed by atoms with Gasteiger partial charge in [-0.25, -0.2) is 19.6 Å². The third-order valence-corrected chi connectivity index (χ3v) is 9.86. The molecular formula is C36H44N4O5. The van der Waals surface area contributed by atoms with Crippen LogP contribution in [0.4, 0.5) is 22.7 Å². The Morgan fingerprint density at radius 2 is 1.04 bits per heavy atom. The molecule has 1 aliphatic carbocycles. The highest BCUT2D eigenvalue weighted by Gasteiger charge is 2.43. The average molecular weight is 613 g/mol. The van der Waals surface area contributed by atoms with Crippen molar-refractivity contribution in [3.05, 3.63) is 71.8 Å². The number of rotatable bonds is 10. The Morgan fingerprint density at radius 1 is 0.600 bits per heavy atom. The van der Waals surface area contributed by atoms with Gasteiger partial charge in [0.1, 0.15) is 13.2 Å². The predicted molar refractivity (Wildman–Crippen MR) is 180 cm³/mol. The normalized spacial score (nSPS) is 27.0. The van der Waals surface area contributed by atoms with Crippen molar-refractivity contribution < 1.29 is 24.7 Å². The maximum Gasteiger partial charge on any atom is 0.104 e. The van der Waals surface area contributed by atoms with Crippen LogP contribution in [0.5, 0.6) is 0 Å². The van der Waals surface area contributed by atoms with Crippen LogP contribution in [-0.4, -0.2) is 61.8 Å². The van der Waals surface area contributed by atoms with Gasteiger partial charge < -0.3 is 26.4 Å². The summed E-state index contributed by atoms with van der Waals surface area (Å²) in [6.45, 7) is 9.82. The molecule has 2 heterocycles. The van der Waals surface area contributed by atoms with E-state index in [2.05, 4.69) is 95.8 Å². The van der Waals surface area contributed by atoms with Crippen LogP contribution in [0.2, 0.25) is 0 Å². The largest absolute Gasteiger partial charge is 0.392 e. The molecular weight excluding hydrogens is 568 g/mol. The second kappa shape index (κ2) is 12.7. The van der Waals surface area contributed by atoms with E-state index in [0.717, 1.165) is 39.9 Å². The van der Waals surface area contributed by atoms with E-state index in [9.17, 15) is 5.11 Å². The van der Waals surface area contributed by atoms with Crippen molar-refractivity contribution in [1.29, 1.82) is 0 Å². The summed E-state index contributed by atoms with van der Waals surface area (Å²) in [5.41, 5.74) is 6.69. The zero-order valence-corrected chi connectivity index (χ0v) is 26.4. The first-order valence-corrected chi connectivity index (χ1v) is 16.3. The highest BCUT2D eigenvalue weighted by atomic mass is 17.2. The lowest BCUT2D eigenvalue weighted by atomic mass is 9.64. The first-order valence-electron chi connectivity index (χ1n) is 16.3. The van der Waals surface area contributed by atoms with Crippen LogP contribution >= 0.6 is 0 Å². The predicted octanol–water partition coefficient (Wildman–Crippen LogP) is 6.75. The summed E-state index contributed by atoms with van der Waals surface area (Å²) in [6, 6.07) is 21.9. The van der Waals surface area contributed by atoms with E-state index in [1.807, 2.05) is 13.8 Å². The lowest BCUT2D eigenvalue weighted by molar-refractivity contribution is -0.302. The molecule has 238 valence electrons. The minimum absolute atomic E-state index is 0.0293. The molecule has 45 heavy (non-hydrogen) atoms. The number of aliphatic hydroxyl groups is 1. The fourth-order valence-electron chi connectivity index (χ4n) is 7.31. The van der Waals surface area contributed by atoms with E-state index in [0.29, 0.717) is 38.5 Å². The molecule has 0 saturated heterocycles. The maximum atomic E-state index is 11.8. The number of anilines is 4. The standard InChI is InChI=1S/C36H44N4O5/c1-5-42-44-18-32-33(19-45-43-6-2)40-31-16-14-23(25-10-8-12-29(39-32)35(25)31)27-17-26(36(27)41)22-13-15-30-34-24(22)9-7-11-28(34)37-20(3)21(4)38-30/h7-16,20-21,26-27,32-33,36-41H,5-6,17-19H2,1-4H3. The Hall–Kier alpha value is -3.60. The molecule has 0 aromatic heterocycles. The SMILES string of the molecule is CCOOCC1Nc2cccc3c(C4CC(c5ccc6c7c(cccc57)NC(C)C(C)N6)C4O)ccc(c23)NC1COOCC. The van der Waals surface area contributed by atoms with Gasteiger partial charge in [-0.3, -0.25) is 0 Å². The minimum Gasteiger partial charge on any atom is -0.392 e. The molecule has 0 radical (unpaired) electrons. The molecule has 9 heteroatoms. The smallest absolute Gasteiger partial charge is 0.104 e. The van der Waals surface area contributed by atoms with Gasteiger partial charge in [-0.05, 0) is 80.3 Å². The second-order valence-electron chi connectivity index (χ2n) is 12.6. The van der Waals surface area contributed by atoms with Gasteiger partial charge in [0, 0.05) is 57.4 Å². The van der Waals surface area contributed by atoms with Gasteiger partial charge >= 0.3 is 0 Å². The zero-order valence-electron chi connectivity index (χ0n) is 26.4. The number of benzene rings is 4. The van der Waals surface area contributed by atoms with Gasteiger partial charge in [0.15, 0.2) is 0 Å². The van der Waals surface area contributed by atoms with Crippen molar-refractivity contribution in [2.75, 3.05) is 47.7 Å². The Balaban J connectivity index is 1.19. The number of aliphatic hydroxyl groups excluding tert-OH is 1. The van der Waals surface area contributed by atoms with E-state index in [-0.39, 0.29) is 23.9 Å². The summed E-state index contributed by atoms with van der Waals surface area (Å²) < 4.78 is 0. The van der Waals surface area contributed by atoms with Crippen LogP contribution in [0.25, 0.3) is 21.5 Å². The van der Waals surface area contributed by atoms with Crippen LogP contribution in [0.3, 0.4) is 0 Å². The second-order valence-corrected chi connectivity index (χ2v) is 12.6. The molecule has 3 aliphatic rings. The fraction of sp³-hybridized carbons (Fsp3) is 0.444. The summed E-state index contributed by atoms with van der Waals surface area (Å²) in [7, 11) is 0. The zero-order chi connectivity index (χ0) is 31.1. The molecule has 9 nitrogen and oxygen atoms in total. The van der Waals surface area contributed by atoms with E-state index in [1.54, 1.807) is 0 Å². The van der Waals surface area contributed by atoms with Crippen LogP contribution in [-0.2, 0) is 19.6 Å². The molecule has 5 N–H and O–H groups in total. The van der Waals surface area contributed by atoms with Crippen molar-refractivity contribution >= 4 is 44.3 Å². The molecule has 7 rings (SSSR count). The molecule has 7 atom stereocenters. The van der Waals surface area contributed by atoms with Gasteiger partial charge in [-0.15, -0.1) is 0 Å². The lowest BCUT2D eigenvalue weighted by Crippen LogP contribution is -2.44. The van der Waals surface area contributed by atoms with E-state index >= 15 is 0 Å². The molecule has 7 unspecified atom stereocenters. The summed E-state index contributed by atoms with van der Waals surface area (Å²) in [4.78, 5) is 21.4. The van der Waals surface area contributed by atoms with E-state index in [4.69, 9.17) is 19.6 Å². The van der Waals surface area contributed by atoms with Gasteiger partial charge in [-0.1, -0.05) is 36.4 Å². The summed E-state index contributed by atoms with van der Waals surface area (Å²) >= 11 is 0. The van der Waals surface area contributed by atoms with Crippen LogP contribution in [0, 0.1) is 0 Å². The van der Waals surface area contributed by atoms with Crippen molar-refractivity contribution in [1.82, 2.24) is 0 Å². The van der Waals surface area contributed by atoms with E-state index in [1.165, 1.54) is 21.9 Å². The number of hydrogen-bond donors (Lipinski definition) is 5. The van der Waals surface area contributed by atoms with Crippen molar-refractivity contribution in [2.24, 2.45) is 0 Å². The maximum absolute atomic E-state index is 11.8. The third-order valence-electron chi connectivity index (χ3n) is 9.86. The van der Waals surface area contributed by atoms with E-state index < -0.39 is 6.10 Å². The summed E-state index contributed by atoms with van der Waals surface area (Å²) in [5, 5.41) is 31.2. The number of nitrogens with one attached hydrogen (secondary N) is 4. The highest BCUT2D eigenvalue weighted by molar-refractivity contribution is 6.07. The molecule has 4 aromatic rings. The summed E-state index contributed by atoms with van der Waals surface area (Å²) in [6.07, 6.45) is 0.387. The Labute approximate surface area is 264 Å². The average Bonchev–Trinajstić information content (AvgIpc) is 3.27. The van der Waals surface area contributed by atoms with Crippen LogP contribution in [0.1, 0.15) is 57.1 Å². The van der Waals surface area contributed by atoms with Gasteiger partial charge in [0.25, 0.3) is 0 Å². The van der Waals surface area contributed by atoms with Gasteiger partial charge in [0.05, 0.1) is 31.4 Å². The fourth-order valence-corrected chi connectivity index (χ4v) is 7.31. The minimum atomic E-state index is -0.491. The summed E-state index contributed by atoms with van der Waals surface area (Å²) in [5.74, 6) is 0.0871. The molecule has 0 spiro atoms. The third kappa shape index (κ3) is 5.47.